The zero-order chi connectivity index (χ0) is 17.0. The second-order valence-corrected chi connectivity index (χ2v) is 5.56. The minimum atomic E-state index is -1.48. The second kappa shape index (κ2) is 6.92. The lowest BCUT2D eigenvalue weighted by molar-refractivity contribution is -0.221. The molecule has 0 bridgehead atoms. The van der Waals surface area contributed by atoms with Crippen LogP contribution in [-0.2, 0) is 19.1 Å². The van der Waals surface area contributed by atoms with Gasteiger partial charge in [-0.25, -0.2) is 9.59 Å². The molecule has 0 unspecified atom stereocenters. The van der Waals surface area contributed by atoms with Gasteiger partial charge in [0, 0.05) is 30.9 Å². The van der Waals surface area contributed by atoms with Gasteiger partial charge >= 0.3 is 17.8 Å². The number of carbonyl (C=O) groups is 2. The Morgan fingerprint density at radius 1 is 1.17 bits per heavy atom. The lowest BCUT2D eigenvalue weighted by Gasteiger charge is -2.44. The third kappa shape index (κ3) is 3.35. The smallest absolute Gasteiger partial charge is 0.356 e. The first-order valence-corrected chi connectivity index (χ1v) is 7.98. The van der Waals surface area contributed by atoms with Gasteiger partial charge in [-0.1, -0.05) is 6.92 Å². The molecular weight excluding hydrogens is 312 g/mol. The van der Waals surface area contributed by atoms with Crippen LogP contribution in [0.4, 0.5) is 5.69 Å². The van der Waals surface area contributed by atoms with Crippen molar-refractivity contribution in [2.75, 3.05) is 31.1 Å². The molecule has 1 aromatic rings. The van der Waals surface area contributed by atoms with Gasteiger partial charge in [0.15, 0.2) is 0 Å². The van der Waals surface area contributed by atoms with E-state index >= 15 is 0 Å². The van der Waals surface area contributed by atoms with Crippen LogP contribution in [-0.4, -0.2) is 44.1 Å². The summed E-state index contributed by atoms with van der Waals surface area (Å²) in [5.41, 5.74) is 0.780. The van der Waals surface area contributed by atoms with Crippen LogP contribution >= 0.6 is 0 Å². The lowest BCUT2D eigenvalue weighted by Crippen LogP contribution is -2.65. The van der Waals surface area contributed by atoms with Crippen molar-refractivity contribution in [3.63, 3.8) is 0 Å². The molecule has 1 aromatic carbocycles. The summed E-state index contributed by atoms with van der Waals surface area (Å²) in [6.07, 6.45) is 3.08. The van der Waals surface area contributed by atoms with Crippen molar-refractivity contribution in [2.45, 2.75) is 19.3 Å². The first kappa shape index (κ1) is 16.3. The molecule has 7 nitrogen and oxygen atoms in total. The van der Waals surface area contributed by atoms with Crippen molar-refractivity contribution in [1.82, 2.24) is 5.32 Å². The van der Waals surface area contributed by atoms with E-state index in [0.29, 0.717) is 19.7 Å². The van der Waals surface area contributed by atoms with E-state index in [9.17, 15) is 9.59 Å². The largest absolute Gasteiger partial charge is 0.494 e. The molecular formula is C17H20N2O5. The fraction of sp³-hybridized carbons (Fsp3) is 0.412. The minimum Gasteiger partial charge on any atom is -0.494 e. The number of ether oxygens (including phenoxy) is 3. The number of esters is 2. The monoisotopic (exact) mass is 332 g/mol. The van der Waals surface area contributed by atoms with Crippen molar-refractivity contribution in [3.8, 4) is 5.75 Å². The summed E-state index contributed by atoms with van der Waals surface area (Å²) < 4.78 is 16.4. The van der Waals surface area contributed by atoms with Crippen LogP contribution in [0, 0.1) is 0 Å². The van der Waals surface area contributed by atoms with E-state index in [1.165, 1.54) is 0 Å². The van der Waals surface area contributed by atoms with Crippen LogP contribution < -0.4 is 15.0 Å². The average Bonchev–Trinajstić information content (AvgIpc) is 2.72. The number of nitrogens with zero attached hydrogens (tertiary/aromatic N) is 1. The molecule has 0 aliphatic carbocycles. The van der Waals surface area contributed by atoms with Crippen LogP contribution in [0.1, 0.15) is 13.3 Å². The number of nitrogens with one attached hydrogen (secondary N) is 1. The summed E-state index contributed by atoms with van der Waals surface area (Å²) in [5.74, 6) is -1.95. The summed E-state index contributed by atoms with van der Waals surface area (Å²) in [6.45, 7) is 4.09. The molecule has 24 heavy (non-hydrogen) atoms. The van der Waals surface area contributed by atoms with Crippen LogP contribution in [0.15, 0.2) is 36.4 Å². The molecule has 3 rings (SSSR count). The molecule has 1 spiro atoms. The fourth-order valence-electron chi connectivity index (χ4n) is 2.69. The van der Waals surface area contributed by atoms with E-state index in [1.54, 1.807) is 4.90 Å². The number of benzene rings is 1. The number of anilines is 1. The van der Waals surface area contributed by atoms with Gasteiger partial charge in [0.2, 0.25) is 0 Å². The highest BCUT2D eigenvalue weighted by Gasteiger charge is 2.47. The molecule has 0 aromatic heterocycles. The van der Waals surface area contributed by atoms with Gasteiger partial charge in [-0.3, -0.25) is 4.90 Å². The molecule has 0 amide bonds. The van der Waals surface area contributed by atoms with E-state index in [0.717, 1.165) is 30.0 Å². The first-order chi connectivity index (χ1) is 11.6. The molecule has 0 saturated carbocycles. The summed E-state index contributed by atoms with van der Waals surface area (Å²) in [6, 6.07) is 7.41. The van der Waals surface area contributed by atoms with Gasteiger partial charge < -0.3 is 19.5 Å². The average molecular weight is 332 g/mol. The predicted molar refractivity (Wildman–Crippen MR) is 86.5 cm³/mol. The van der Waals surface area contributed by atoms with Gasteiger partial charge in [-0.2, -0.15) is 0 Å². The van der Waals surface area contributed by atoms with E-state index in [4.69, 9.17) is 14.2 Å². The Hall–Kier alpha value is -2.54. The van der Waals surface area contributed by atoms with Crippen molar-refractivity contribution in [2.24, 2.45) is 0 Å². The molecule has 1 N–H and O–H groups in total. The van der Waals surface area contributed by atoms with E-state index in [1.807, 2.05) is 31.2 Å². The molecule has 2 aliphatic rings. The summed E-state index contributed by atoms with van der Waals surface area (Å²) in [7, 11) is 0. The Bertz CT molecular complexity index is 621. The van der Waals surface area contributed by atoms with Gasteiger partial charge in [0.1, 0.15) is 5.75 Å². The standard InChI is InChI=1S/C17H20N2O5/c1-2-11-22-14-5-3-13(4-6-14)19-10-9-18-12-17(19)23-15(20)7-8-16(21)24-17/h3-8,18H,2,9-12H2,1H3. The number of piperazine rings is 1. The number of hydrogen-bond donors (Lipinski definition) is 1. The molecule has 0 atom stereocenters. The van der Waals surface area contributed by atoms with Crippen molar-refractivity contribution in [3.05, 3.63) is 36.4 Å². The highest BCUT2D eigenvalue weighted by atomic mass is 16.8. The third-order valence-electron chi connectivity index (χ3n) is 3.77. The Kier molecular flexibility index (Phi) is 4.71. The summed E-state index contributed by atoms with van der Waals surface area (Å²) in [5, 5.41) is 3.10. The topological polar surface area (TPSA) is 77.1 Å². The minimum absolute atomic E-state index is 0.195. The van der Waals surface area contributed by atoms with Crippen LogP contribution in [0.2, 0.25) is 0 Å². The van der Waals surface area contributed by atoms with Crippen LogP contribution in [0.25, 0.3) is 0 Å². The normalized spacial score (nSPS) is 19.6. The number of hydrogen-bond acceptors (Lipinski definition) is 7. The van der Waals surface area contributed by atoms with E-state index < -0.39 is 17.8 Å². The maximum absolute atomic E-state index is 11.8. The van der Waals surface area contributed by atoms with Gasteiger partial charge in [0.05, 0.1) is 13.2 Å². The molecule has 1 fully saturated rings. The van der Waals surface area contributed by atoms with Crippen molar-refractivity contribution in [1.29, 1.82) is 0 Å². The molecule has 2 aliphatic heterocycles. The zero-order valence-electron chi connectivity index (χ0n) is 13.5. The Morgan fingerprint density at radius 3 is 2.46 bits per heavy atom. The first-order valence-electron chi connectivity index (χ1n) is 7.98. The Balaban J connectivity index is 1.86. The van der Waals surface area contributed by atoms with E-state index in [2.05, 4.69) is 5.32 Å². The Labute approximate surface area is 140 Å². The fourth-order valence-corrected chi connectivity index (χ4v) is 2.69. The Morgan fingerprint density at radius 2 is 1.83 bits per heavy atom. The summed E-state index contributed by atoms with van der Waals surface area (Å²) in [4.78, 5) is 25.4. The number of rotatable bonds is 4. The highest BCUT2D eigenvalue weighted by Crippen LogP contribution is 2.31. The van der Waals surface area contributed by atoms with Gasteiger partial charge in [-0.15, -0.1) is 0 Å². The van der Waals surface area contributed by atoms with Crippen LogP contribution in [0.3, 0.4) is 0 Å². The maximum atomic E-state index is 11.8. The molecule has 128 valence electrons. The summed E-state index contributed by atoms with van der Waals surface area (Å²) >= 11 is 0. The molecule has 0 radical (unpaired) electrons. The lowest BCUT2D eigenvalue weighted by atomic mass is 10.2. The quantitative estimate of drug-likeness (QED) is 0.830. The van der Waals surface area contributed by atoms with Crippen LogP contribution in [0.5, 0.6) is 5.75 Å². The van der Waals surface area contributed by atoms with Crippen molar-refractivity contribution < 1.29 is 23.8 Å². The maximum Gasteiger partial charge on any atom is 0.356 e. The highest BCUT2D eigenvalue weighted by molar-refractivity contribution is 5.93. The van der Waals surface area contributed by atoms with E-state index in [-0.39, 0.29) is 6.54 Å². The number of carbonyl (C=O) groups excluding carboxylic acids is 2. The van der Waals surface area contributed by atoms with Gasteiger partial charge in [0.25, 0.3) is 0 Å². The SMILES string of the molecule is CCCOc1ccc(N2CCNCC23OC(=O)C=CC(=O)O3)cc1. The second-order valence-electron chi connectivity index (χ2n) is 5.56. The zero-order valence-corrected chi connectivity index (χ0v) is 13.5. The predicted octanol–water partition coefficient (Wildman–Crippen LogP) is 1.19. The van der Waals surface area contributed by atoms with Gasteiger partial charge in [-0.05, 0) is 30.7 Å². The molecule has 2 heterocycles. The third-order valence-corrected chi connectivity index (χ3v) is 3.77. The molecule has 7 heteroatoms. The molecule has 1 saturated heterocycles. The van der Waals surface area contributed by atoms with Crippen molar-refractivity contribution >= 4 is 17.6 Å².